The average Bonchev–Trinajstić information content (AvgIpc) is 2.56. The van der Waals surface area contributed by atoms with Crippen LogP contribution in [0.15, 0.2) is 41.3 Å². The highest BCUT2D eigenvalue weighted by molar-refractivity contribution is 5.60. The minimum atomic E-state index is 0.643. The standard InChI is InChI=1S/C9H8N2O/c10-8-4-7(5-11-6-8)9-2-1-3-12-9/h1-6H,10H2. The molecule has 2 heterocycles. The predicted octanol–water partition coefficient (Wildman–Crippen LogP) is 1.92. The van der Waals surface area contributed by atoms with Crippen LogP contribution in [0.3, 0.4) is 0 Å². The maximum absolute atomic E-state index is 5.56. The second kappa shape index (κ2) is 2.70. The molecule has 0 aliphatic carbocycles. The highest BCUT2D eigenvalue weighted by Gasteiger charge is 1.99. The van der Waals surface area contributed by atoms with Gasteiger partial charge in [0.1, 0.15) is 5.76 Å². The van der Waals surface area contributed by atoms with Gasteiger partial charge in [-0.3, -0.25) is 4.98 Å². The highest BCUT2D eigenvalue weighted by Crippen LogP contribution is 2.19. The molecule has 0 unspecified atom stereocenters. The Kier molecular flexibility index (Phi) is 1.55. The van der Waals surface area contributed by atoms with E-state index < -0.39 is 0 Å². The second-order valence-corrected chi connectivity index (χ2v) is 2.48. The Hall–Kier alpha value is -1.77. The smallest absolute Gasteiger partial charge is 0.135 e. The van der Waals surface area contributed by atoms with E-state index in [0.29, 0.717) is 5.69 Å². The quantitative estimate of drug-likeness (QED) is 0.693. The van der Waals surface area contributed by atoms with Gasteiger partial charge in [0, 0.05) is 18.0 Å². The van der Waals surface area contributed by atoms with Crippen LogP contribution >= 0.6 is 0 Å². The van der Waals surface area contributed by atoms with Gasteiger partial charge in [-0.25, -0.2) is 0 Å². The minimum Gasteiger partial charge on any atom is -0.464 e. The zero-order valence-corrected chi connectivity index (χ0v) is 6.40. The molecule has 0 aliphatic heterocycles. The Labute approximate surface area is 69.8 Å². The van der Waals surface area contributed by atoms with Crippen LogP contribution in [0.1, 0.15) is 0 Å². The van der Waals surface area contributed by atoms with E-state index in [9.17, 15) is 0 Å². The van der Waals surface area contributed by atoms with Crippen molar-refractivity contribution in [2.45, 2.75) is 0 Å². The topological polar surface area (TPSA) is 52.0 Å². The number of nitrogens with two attached hydrogens (primary N) is 1. The highest BCUT2D eigenvalue weighted by atomic mass is 16.3. The Morgan fingerprint density at radius 3 is 2.92 bits per heavy atom. The summed E-state index contributed by atoms with van der Waals surface area (Å²) in [5.41, 5.74) is 7.11. The number of hydrogen-bond donors (Lipinski definition) is 1. The number of aromatic nitrogens is 1. The molecule has 3 nitrogen and oxygen atoms in total. The van der Waals surface area contributed by atoms with Crippen molar-refractivity contribution >= 4 is 5.69 Å². The summed E-state index contributed by atoms with van der Waals surface area (Å²) in [7, 11) is 0. The second-order valence-electron chi connectivity index (χ2n) is 2.48. The van der Waals surface area contributed by atoms with E-state index in [-0.39, 0.29) is 0 Å². The number of nitrogen functional groups attached to an aromatic ring is 1. The first-order valence-corrected chi connectivity index (χ1v) is 3.60. The first-order chi connectivity index (χ1) is 5.86. The molecule has 0 spiro atoms. The molecule has 0 fully saturated rings. The van der Waals surface area contributed by atoms with E-state index in [1.165, 1.54) is 0 Å². The number of nitrogens with zero attached hydrogens (tertiary/aromatic N) is 1. The Bertz CT molecular complexity index is 368. The zero-order valence-electron chi connectivity index (χ0n) is 6.40. The lowest BCUT2D eigenvalue weighted by Gasteiger charge is -1.96. The summed E-state index contributed by atoms with van der Waals surface area (Å²) in [6.45, 7) is 0. The summed E-state index contributed by atoms with van der Waals surface area (Å²) in [4.78, 5) is 3.96. The minimum absolute atomic E-state index is 0.643. The summed E-state index contributed by atoms with van der Waals surface area (Å²) in [5, 5.41) is 0. The fourth-order valence-corrected chi connectivity index (χ4v) is 1.04. The summed E-state index contributed by atoms with van der Waals surface area (Å²) < 4.78 is 5.18. The molecule has 0 aromatic carbocycles. The molecular formula is C9H8N2O. The van der Waals surface area contributed by atoms with E-state index in [1.54, 1.807) is 18.7 Å². The number of rotatable bonds is 1. The monoisotopic (exact) mass is 160 g/mol. The number of furan rings is 1. The molecule has 0 amide bonds. The summed E-state index contributed by atoms with van der Waals surface area (Å²) in [6.07, 6.45) is 4.94. The summed E-state index contributed by atoms with van der Waals surface area (Å²) >= 11 is 0. The van der Waals surface area contributed by atoms with Crippen molar-refractivity contribution in [3.8, 4) is 11.3 Å². The molecule has 0 saturated carbocycles. The third-order valence-corrected chi connectivity index (χ3v) is 1.57. The number of hydrogen-bond acceptors (Lipinski definition) is 3. The lowest BCUT2D eigenvalue weighted by molar-refractivity contribution is 0.582. The van der Waals surface area contributed by atoms with Crippen molar-refractivity contribution in [1.29, 1.82) is 0 Å². The summed E-state index contributed by atoms with van der Waals surface area (Å²) in [6, 6.07) is 5.53. The van der Waals surface area contributed by atoms with Crippen molar-refractivity contribution in [2.24, 2.45) is 0 Å². The first-order valence-electron chi connectivity index (χ1n) is 3.60. The molecule has 12 heavy (non-hydrogen) atoms. The van der Waals surface area contributed by atoms with Crippen LogP contribution in [0, 0.1) is 0 Å². The van der Waals surface area contributed by atoms with Gasteiger partial charge in [-0.05, 0) is 18.2 Å². The fraction of sp³-hybridized carbons (Fsp3) is 0. The van der Waals surface area contributed by atoms with Crippen LogP contribution < -0.4 is 5.73 Å². The van der Waals surface area contributed by atoms with Crippen LogP contribution in [0.2, 0.25) is 0 Å². The molecule has 2 aromatic heterocycles. The van der Waals surface area contributed by atoms with Crippen molar-refractivity contribution in [3.63, 3.8) is 0 Å². The van der Waals surface area contributed by atoms with Crippen molar-refractivity contribution < 1.29 is 4.42 Å². The van der Waals surface area contributed by atoms with Crippen LogP contribution in [0.4, 0.5) is 5.69 Å². The third kappa shape index (κ3) is 1.16. The molecule has 2 aromatic rings. The largest absolute Gasteiger partial charge is 0.464 e. The Morgan fingerprint density at radius 1 is 1.33 bits per heavy atom. The van der Waals surface area contributed by atoms with Crippen molar-refractivity contribution in [1.82, 2.24) is 4.98 Å². The van der Waals surface area contributed by atoms with Gasteiger partial charge in [-0.15, -0.1) is 0 Å². The van der Waals surface area contributed by atoms with Crippen LogP contribution in [0.5, 0.6) is 0 Å². The fourth-order valence-electron chi connectivity index (χ4n) is 1.04. The van der Waals surface area contributed by atoms with E-state index in [2.05, 4.69) is 4.98 Å². The summed E-state index contributed by atoms with van der Waals surface area (Å²) in [5.74, 6) is 0.787. The average molecular weight is 160 g/mol. The maximum atomic E-state index is 5.56. The molecule has 0 saturated heterocycles. The van der Waals surface area contributed by atoms with E-state index in [4.69, 9.17) is 10.2 Å². The van der Waals surface area contributed by atoms with Gasteiger partial charge in [-0.1, -0.05) is 0 Å². The lowest BCUT2D eigenvalue weighted by Crippen LogP contribution is -1.86. The van der Waals surface area contributed by atoms with Crippen LogP contribution in [-0.4, -0.2) is 4.98 Å². The molecule has 2 N–H and O–H groups in total. The Balaban J connectivity index is 2.48. The van der Waals surface area contributed by atoms with Gasteiger partial charge >= 0.3 is 0 Å². The van der Waals surface area contributed by atoms with Crippen LogP contribution in [0.25, 0.3) is 11.3 Å². The molecule has 0 bridgehead atoms. The molecule has 0 atom stereocenters. The molecular weight excluding hydrogens is 152 g/mol. The molecule has 0 aliphatic rings. The van der Waals surface area contributed by atoms with Gasteiger partial charge < -0.3 is 10.2 Å². The molecule has 0 radical (unpaired) electrons. The lowest BCUT2D eigenvalue weighted by atomic mass is 10.2. The number of anilines is 1. The molecule has 60 valence electrons. The van der Waals surface area contributed by atoms with Crippen molar-refractivity contribution in [3.05, 3.63) is 36.9 Å². The van der Waals surface area contributed by atoms with E-state index >= 15 is 0 Å². The van der Waals surface area contributed by atoms with Crippen molar-refractivity contribution in [2.75, 3.05) is 5.73 Å². The normalized spacial score (nSPS) is 10.0. The third-order valence-electron chi connectivity index (χ3n) is 1.57. The van der Waals surface area contributed by atoms with Gasteiger partial charge in [0.15, 0.2) is 0 Å². The van der Waals surface area contributed by atoms with E-state index in [0.717, 1.165) is 11.3 Å². The van der Waals surface area contributed by atoms with E-state index in [1.807, 2.05) is 18.2 Å². The first kappa shape index (κ1) is 6.91. The van der Waals surface area contributed by atoms with Gasteiger partial charge in [-0.2, -0.15) is 0 Å². The number of pyridine rings is 1. The Morgan fingerprint density at radius 2 is 2.25 bits per heavy atom. The van der Waals surface area contributed by atoms with Gasteiger partial charge in [0.25, 0.3) is 0 Å². The zero-order chi connectivity index (χ0) is 8.39. The van der Waals surface area contributed by atoms with Crippen LogP contribution in [-0.2, 0) is 0 Å². The molecule has 2 rings (SSSR count). The maximum Gasteiger partial charge on any atom is 0.135 e. The van der Waals surface area contributed by atoms with Gasteiger partial charge in [0.05, 0.1) is 12.0 Å². The van der Waals surface area contributed by atoms with Gasteiger partial charge in [0.2, 0.25) is 0 Å². The molecule has 3 heteroatoms. The predicted molar refractivity (Wildman–Crippen MR) is 46.4 cm³/mol. The SMILES string of the molecule is Nc1cncc(-c2ccco2)c1.